The Kier molecular flexibility index (Phi) is 5.20. The molecule has 0 N–H and O–H groups in total. The molecule has 0 spiro atoms. The maximum absolute atomic E-state index is 13.0. The molecular weight excluding hydrogens is 394 g/mol. The molecule has 0 amide bonds. The number of benzene rings is 1. The van der Waals surface area contributed by atoms with Gasteiger partial charge in [0.05, 0.1) is 6.61 Å². The summed E-state index contributed by atoms with van der Waals surface area (Å²) in [5.74, 6) is -1.11. The van der Waals surface area contributed by atoms with E-state index in [0.717, 1.165) is 27.9 Å². The lowest BCUT2D eigenvalue weighted by molar-refractivity contribution is -0.146. The number of rotatable bonds is 3. The van der Waals surface area contributed by atoms with Gasteiger partial charge in [-0.3, -0.25) is 14.6 Å². The first-order chi connectivity index (χ1) is 12.2. The van der Waals surface area contributed by atoms with Crippen molar-refractivity contribution in [3.63, 3.8) is 0 Å². The quantitative estimate of drug-likeness (QED) is 0.661. The SMILES string of the molecule is CCOC(=O)C1C(C)=NC2=C(C(=O)CC(C)(C)C2)[C@@H]1c1ccc(Br)cc1. The number of allylic oxidation sites excluding steroid dienone is 2. The van der Waals surface area contributed by atoms with E-state index in [1.54, 1.807) is 6.92 Å². The summed E-state index contributed by atoms with van der Waals surface area (Å²) < 4.78 is 6.28. The lowest BCUT2D eigenvalue weighted by Gasteiger charge is -2.39. The first-order valence-electron chi connectivity index (χ1n) is 8.97. The largest absolute Gasteiger partial charge is 0.465 e. The standard InChI is InChI=1S/C21H24BrNO3/c1-5-26-20(25)17-12(2)23-15-10-21(3,4)11-16(24)19(15)18(17)13-6-8-14(22)9-7-13/h6-9,17-18H,5,10-11H2,1-4H3/t17?,18-/m1/s1. The summed E-state index contributed by atoms with van der Waals surface area (Å²) in [7, 11) is 0. The van der Waals surface area contributed by atoms with E-state index in [-0.39, 0.29) is 23.1 Å². The van der Waals surface area contributed by atoms with Crippen LogP contribution in [0.3, 0.4) is 0 Å². The minimum absolute atomic E-state index is 0.0923. The fourth-order valence-corrected chi connectivity index (χ4v) is 4.28. The van der Waals surface area contributed by atoms with E-state index in [4.69, 9.17) is 9.73 Å². The first-order valence-corrected chi connectivity index (χ1v) is 9.76. The van der Waals surface area contributed by atoms with Gasteiger partial charge in [-0.1, -0.05) is 41.9 Å². The van der Waals surface area contributed by atoms with Crippen LogP contribution in [-0.4, -0.2) is 24.1 Å². The number of aliphatic imine (C=N–C) groups is 1. The fraction of sp³-hybridized carbons (Fsp3) is 0.476. The number of hydrogen-bond acceptors (Lipinski definition) is 4. The van der Waals surface area contributed by atoms with Crippen LogP contribution in [0.5, 0.6) is 0 Å². The van der Waals surface area contributed by atoms with Crippen LogP contribution in [0.1, 0.15) is 52.0 Å². The van der Waals surface area contributed by atoms with Crippen molar-refractivity contribution in [3.8, 4) is 0 Å². The molecule has 1 aliphatic heterocycles. The Labute approximate surface area is 162 Å². The molecule has 0 saturated carbocycles. The van der Waals surface area contributed by atoms with Gasteiger partial charge in [-0.15, -0.1) is 0 Å². The predicted molar refractivity (Wildman–Crippen MR) is 105 cm³/mol. The molecule has 4 nitrogen and oxygen atoms in total. The van der Waals surface area contributed by atoms with Gasteiger partial charge in [-0.25, -0.2) is 0 Å². The second-order valence-electron chi connectivity index (χ2n) is 7.81. The minimum atomic E-state index is -0.556. The van der Waals surface area contributed by atoms with Crippen molar-refractivity contribution in [3.05, 3.63) is 45.6 Å². The number of ether oxygens (including phenoxy) is 1. The molecule has 5 heteroatoms. The van der Waals surface area contributed by atoms with Crippen LogP contribution in [0.2, 0.25) is 0 Å². The summed E-state index contributed by atoms with van der Waals surface area (Å²) in [5.41, 5.74) is 3.08. The van der Waals surface area contributed by atoms with E-state index in [1.807, 2.05) is 31.2 Å². The van der Waals surface area contributed by atoms with Crippen molar-refractivity contribution in [2.24, 2.45) is 16.3 Å². The smallest absolute Gasteiger partial charge is 0.315 e. The molecule has 1 heterocycles. The predicted octanol–water partition coefficient (Wildman–Crippen LogP) is 4.83. The Morgan fingerprint density at radius 2 is 1.92 bits per heavy atom. The summed E-state index contributed by atoms with van der Waals surface area (Å²) in [6.07, 6.45) is 1.22. The fourth-order valence-electron chi connectivity index (χ4n) is 4.01. The third-order valence-corrected chi connectivity index (χ3v) is 5.60. The number of halogens is 1. The molecule has 0 radical (unpaired) electrons. The summed E-state index contributed by atoms with van der Waals surface area (Å²) in [4.78, 5) is 30.5. The second-order valence-corrected chi connectivity index (χ2v) is 8.73. The van der Waals surface area contributed by atoms with Crippen molar-refractivity contribution in [2.45, 2.75) is 46.5 Å². The molecule has 1 unspecified atom stereocenters. The van der Waals surface area contributed by atoms with Gasteiger partial charge in [0.25, 0.3) is 0 Å². The van der Waals surface area contributed by atoms with Crippen LogP contribution in [0.25, 0.3) is 0 Å². The van der Waals surface area contributed by atoms with E-state index in [0.29, 0.717) is 18.6 Å². The number of Topliss-reactive ketones (excluding diaryl/α,β-unsaturated/α-hetero) is 1. The van der Waals surface area contributed by atoms with Gasteiger partial charge in [0.1, 0.15) is 5.92 Å². The van der Waals surface area contributed by atoms with Gasteiger partial charge in [0.2, 0.25) is 0 Å². The number of esters is 1. The summed E-state index contributed by atoms with van der Waals surface area (Å²) in [6, 6.07) is 7.82. The highest BCUT2D eigenvalue weighted by Crippen LogP contribution is 2.47. The average molecular weight is 418 g/mol. The van der Waals surface area contributed by atoms with Crippen molar-refractivity contribution >= 4 is 33.4 Å². The zero-order chi connectivity index (χ0) is 19.1. The third-order valence-electron chi connectivity index (χ3n) is 5.07. The van der Waals surface area contributed by atoms with Gasteiger partial charge >= 0.3 is 5.97 Å². The highest BCUT2D eigenvalue weighted by molar-refractivity contribution is 9.10. The maximum atomic E-state index is 13.0. The molecule has 2 atom stereocenters. The summed E-state index contributed by atoms with van der Waals surface area (Å²) in [5, 5.41) is 0. The van der Waals surface area contributed by atoms with E-state index >= 15 is 0 Å². The van der Waals surface area contributed by atoms with E-state index < -0.39 is 5.92 Å². The monoisotopic (exact) mass is 417 g/mol. The highest BCUT2D eigenvalue weighted by atomic mass is 79.9. The third kappa shape index (κ3) is 3.54. The number of nitrogens with zero attached hydrogens (tertiary/aromatic N) is 1. The van der Waals surface area contributed by atoms with Gasteiger partial charge in [0, 0.05) is 33.8 Å². The van der Waals surface area contributed by atoms with Crippen molar-refractivity contribution in [1.82, 2.24) is 0 Å². The van der Waals surface area contributed by atoms with Crippen molar-refractivity contribution < 1.29 is 14.3 Å². The lowest BCUT2D eigenvalue weighted by atomic mass is 9.67. The van der Waals surface area contributed by atoms with Crippen molar-refractivity contribution in [2.75, 3.05) is 6.61 Å². The molecule has 0 fully saturated rings. The first kappa shape index (κ1) is 19.0. The molecular formula is C21H24BrNO3. The van der Waals surface area contributed by atoms with Crippen LogP contribution >= 0.6 is 15.9 Å². The van der Waals surface area contributed by atoms with E-state index in [9.17, 15) is 9.59 Å². The summed E-state index contributed by atoms with van der Waals surface area (Å²) in [6.45, 7) is 8.14. The second kappa shape index (κ2) is 7.10. The average Bonchev–Trinajstić information content (AvgIpc) is 2.53. The van der Waals surface area contributed by atoms with E-state index in [2.05, 4.69) is 29.8 Å². The van der Waals surface area contributed by atoms with Crippen LogP contribution in [-0.2, 0) is 14.3 Å². The minimum Gasteiger partial charge on any atom is -0.465 e. The Morgan fingerprint density at radius 1 is 1.27 bits per heavy atom. The van der Waals surface area contributed by atoms with Gasteiger partial charge < -0.3 is 4.74 Å². The Balaban J connectivity index is 2.16. The molecule has 2 aliphatic rings. The Hall–Kier alpha value is -1.75. The number of hydrogen-bond donors (Lipinski definition) is 0. The molecule has 26 heavy (non-hydrogen) atoms. The molecule has 0 aromatic heterocycles. The van der Waals surface area contributed by atoms with Gasteiger partial charge in [-0.05, 0) is 43.4 Å². The van der Waals surface area contributed by atoms with Crippen LogP contribution in [0.15, 0.2) is 45.0 Å². The molecule has 1 aliphatic carbocycles. The van der Waals surface area contributed by atoms with Crippen LogP contribution in [0.4, 0.5) is 0 Å². The number of carbonyl (C=O) groups is 2. The van der Waals surface area contributed by atoms with Crippen LogP contribution in [0, 0.1) is 11.3 Å². The lowest BCUT2D eigenvalue weighted by Crippen LogP contribution is -2.39. The van der Waals surface area contributed by atoms with Gasteiger partial charge in [0.15, 0.2) is 5.78 Å². The Bertz CT molecular complexity index is 805. The normalized spacial score (nSPS) is 24.8. The van der Waals surface area contributed by atoms with E-state index in [1.165, 1.54) is 0 Å². The molecule has 138 valence electrons. The Morgan fingerprint density at radius 3 is 2.54 bits per heavy atom. The molecule has 0 saturated heterocycles. The molecule has 1 aromatic rings. The van der Waals surface area contributed by atoms with Gasteiger partial charge in [-0.2, -0.15) is 0 Å². The highest BCUT2D eigenvalue weighted by Gasteiger charge is 2.45. The maximum Gasteiger partial charge on any atom is 0.315 e. The molecule has 3 rings (SSSR count). The summed E-state index contributed by atoms with van der Waals surface area (Å²) >= 11 is 3.45. The number of carbonyl (C=O) groups excluding carboxylic acids is 2. The zero-order valence-electron chi connectivity index (χ0n) is 15.6. The molecule has 1 aromatic carbocycles. The topological polar surface area (TPSA) is 55.7 Å². The molecule has 0 bridgehead atoms. The number of ketones is 1. The zero-order valence-corrected chi connectivity index (χ0v) is 17.2. The van der Waals surface area contributed by atoms with Crippen LogP contribution < -0.4 is 0 Å². The van der Waals surface area contributed by atoms with Crippen molar-refractivity contribution in [1.29, 1.82) is 0 Å².